The number of aryl methyl sites for hydroxylation is 2. The van der Waals surface area contributed by atoms with E-state index in [4.69, 9.17) is 4.52 Å². The molecular weight excluding hydrogens is 278 g/mol. The Kier molecular flexibility index (Phi) is 6.49. The molecule has 1 amide bonds. The lowest BCUT2D eigenvalue weighted by atomic mass is 9.94. The first-order chi connectivity index (χ1) is 9.08. The van der Waals surface area contributed by atoms with Gasteiger partial charge in [-0.1, -0.05) is 5.16 Å². The Morgan fingerprint density at radius 1 is 1.40 bits per heavy atom. The predicted molar refractivity (Wildman–Crippen MR) is 79.9 cm³/mol. The average Bonchev–Trinajstić information content (AvgIpc) is 2.71. The fraction of sp³-hybridized carbons (Fsp3) is 0.714. The molecule has 0 bridgehead atoms. The predicted octanol–water partition coefficient (Wildman–Crippen LogP) is 2.06. The van der Waals surface area contributed by atoms with Crippen LogP contribution in [-0.4, -0.2) is 36.1 Å². The first-order valence-electron chi connectivity index (χ1n) is 6.94. The molecule has 6 heteroatoms. The molecule has 1 saturated heterocycles. The summed E-state index contributed by atoms with van der Waals surface area (Å²) in [7, 11) is 1.86. The fourth-order valence-electron chi connectivity index (χ4n) is 2.54. The van der Waals surface area contributed by atoms with Crippen molar-refractivity contribution in [3.05, 3.63) is 17.0 Å². The van der Waals surface area contributed by atoms with E-state index in [1.165, 1.54) is 0 Å². The second-order valence-electron chi connectivity index (χ2n) is 5.45. The molecule has 2 rings (SSSR count). The van der Waals surface area contributed by atoms with Gasteiger partial charge in [0.1, 0.15) is 5.76 Å². The van der Waals surface area contributed by atoms with E-state index >= 15 is 0 Å². The van der Waals surface area contributed by atoms with Crippen molar-refractivity contribution in [3.63, 3.8) is 0 Å². The van der Waals surface area contributed by atoms with Crippen molar-refractivity contribution in [1.29, 1.82) is 0 Å². The highest BCUT2D eigenvalue weighted by Crippen LogP contribution is 2.19. The molecule has 1 fully saturated rings. The molecular formula is C14H24ClN3O2. The Balaban J connectivity index is 0.00000200. The van der Waals surface area contributed by atoms with Gasteiger partial charge in [0, 0.05) is 19.0 Å². The Labute approximate surface area is 126 Å². The quantitative estimate of drug-likeness (QED) is 0.925. The Morgan fingerprint density at radius 2 is 2.05 bits per heavy atom. The summed E-state index contributed by atoms with van der Waals surface area (Å²) in [6.07, 6.45) is 2.86. The number of nitrogens with zero attached hydrogens (tertiary/aromatic N) is 2. The number of aromatic nitrogens is 1. The molecule has 0 aromatic carbocycles. The number of piperidine rings is 1. The van der Waals surface area contributed by atoms with Crippen molar-refractivity contribution in [1.82, 2.24) is 15.4 Å². The number of carbonyl (C=O) groups is 1. The molecule has 0 atom stereocenters. The molecule has 5 nitrogen and oxygen atoms in total. The molecule has 0 unspecified atom stereocenters. The van der Waals surface area contributed by atoms with Gasteiger partial charge in [-0.15, -0.1) is 12.4 Å². The summed E-state index contributed by atoms with van der Waals surface area (Å²) in [5, 5.41) is 7.25. The smallest absolute Gasteiger partial charge is 0.222 e. The van der Waals surface area contributed by atoms with Crippen LogP contribution in [0.1, 0.15) is 36.3 Å². The monoisotopic (exact) mass is 301 g/mol. The lowest BCUT2D eigenvalue weighted by molar-refractivity contribution is -0.131. The lowest BCUT2D eigenvalue weighted by Gasteiger charge is -2.24. The molecule has 1 aliphatic rings. The molecule has 20 heavy (non-hydrogen) atoms. The van der Waals surface area contributed by atoms with Crippen LogP contribution in [0.2, 0.25) is 0 Å². The SMILES string of the molecule is Cc1noc(C)c1CN(C)C(=O)CC1CCNCC1.Cl. The molecule has 1 aromatic rings. The summed E-state index contributed by atoms with van der Waals surface area (Å²) >= 11 is 0. The first-order valence-corrected chi connectivity index (χ1v) is 6.94. The summed E-state index contributed by atoms with van der Waals surface area (Å²) in [5.41, 5.74) is 1.90. The van der Waals surface area contributed by atoms with Gasteiger partial charge in [0.15, 0.2) is 0 Å². The maximum absolute atomic E-state index is 12.2. The minimum Gasteiger partial charge on any atom is -0.361 e. The number of halogens is 1. The second kappa shape index (κ2) is 7.64. The van der Waals surface area contributed by atoms with E-state index < -0.39 is 0 Å². The molecule has 1 aliphatic heterocycles. The van der Waals surface area contributed by atoms with Crippen LogP contribution < -0.4 is 5.32 Å². The molecule has 1 aromatic heterocycles. The number of rotatable bonds is 4. The van der Waals surface area contributed by atoms with Gasteiger partial charge in [-0.3, -0.25) is 4.79 Å². The summed E-state index contributed by atoms with van der Waals surface area (Å²) < 4.78 is 5.13. The minimum absolute atomic E-state index is 0. The summed E-state index contributed by atoms with van der Waals surface area (Å²) in [4.78, 5) is 14.0. The van der Waals surface area contributed by atoms with Crippen molar-refractivity contribution in [2.45, 2.75) is 39.7 Å². The van der Waals surface area contributed by atoms with Crippen molar-refractivity contribution in [2.24, 2.45) is 5.92 Å². The Hall–Kier alpha value is -1.07. The van der Waals surface area contributed by atoms with Crippen LogP contribution in [0, 0.1) is 19.8 Å². The zero-order chi connectivity index (χ0) is 13.8. The van der Waals surface area contributed by atoms with E-state index in [-0.39, 0.29) is 18.3 Å². The normalized spacial score (nSPS) is 15.8. The van der Waals surface area contributed by atoms with E-state index in [0.29, 0.717) is 18.9 Å². The zero-order valence-corrected chi connectivity index (χ0v) is 13.3. The number of nitrogens with one attached hydrogen (secondary N) is 1. The van der Waals surface area contributed by atoms with Crippen molar-refractivity contribution in [2.75, 3.05) is 20.1 Å². The maximum atomic E-state index is 12.2. The summed E-state index contributed by atoms with van der Waals surface area (Å²) in [5.74, 6) is 1.55. The van der Waals surface area contributed by atoms with Gasteiger partial charge >= 0.3 is 0 Å². The van der Waals surface area contributed by atoms with Crippen molar-refractivity contribution < 1.29 is 9.32 Å². The van der Waals surface area contributed by atoms with E-state index in [1.807, 2.05) is 20.9 Å². The van der Waals surface area contributed by atoms with Crippen molar-refractivity contribution >= 4 is 18.3 Å². The first kappa shape index (κ1) is 17.0. The average molecular weight is 302 g/mol. The zero-order valence-electron chi connectivity index (χ0n) is 12.4. The largest absolute Gasteiger partial charge is 0.361 e. The van der Waals surface area contributed by atoms with Crippen LogP contribution >= 0.6 is 12.4 Å². The molecule has 1 N–H and O–H groups in total. The van der Waals surface area contributed by atoms with E-state index in [0.717, 1.165) is 42.9 Å². The highest BCUT2D eigenvalue weighted by Gasteiger charge is 2.20. The second-order valence-corrected chi connectivity index (χ2v) is 5.45. The van der Waals surface area contributed by atoms with E-state index in [9.17, 15) is 4.79 Å². The summed E-state index contributed by atoms with van der Waals surface area (Å²) in [6.45, 7) is 6.46. The van der Waals surface area contributed by atoms with Gasteiger partial charge in [0.2, 0.25) is 5.91 Å². The molecule has 114 valence electrons. The van der Waals surface area contributed by atoms with Crippen LogP contribution in [0.5, 0.6) is 0 Å². The number of hydrogen-bond donors (Lipinski definition) is 1. The van der Waals surface area contributed by atoms with Gasteiger partial charge in [-0.05, 0) is 45.7 Å². The van der Waals surface area contributed by atoms with Crippen LogP contribution in [0.4, 0.5) is 0 Å². The highest BCUT2D eigenvalue weighted by molar-refractivity contribution is 5.85. The molecule has 0 aliphatic carbocycles. The van der Waals surface area contributed by atoms with Crippen LogP contribution in [0.15, 0.2) is 4.52 Å². The Morgan fingerprint density at radius 3 is 2.60 bits per heavy atom. The molecule has 0 saturated carbocycles. The molecule has 0 spiro atoms. The topological polar surface area (TPSA) is 58.4 Å². The minimum atomic E-state index is 0. The maximum Gasteiger partial charge on any atom is 0.222 e. The van der Waals surface area contributed by atoms with Gasteiger partial charge in [0.05, 0.1) is 12.2 Å². The molecule has 0 radical (unpaired) electrons. The Bertz CT molecular complexity index is 422. The fourth-order valence-corrected chi connectivity index (χ4v) is 2.54. The van der Waals surface area contributed by atoms with Crippen LogP contribution in [0.25, 0.3) is 0 Å². The van der Waals surface area contributed by atoms with Crippen LogP contribution in [0.3, 0.4) is 0 Å². The van der Waals surface area contributed by atoms with Gasteiger partial charge in [-0.25, -0.2) is 0 Å². The molecule has 2 heterocycles. The highest BCUT2D eigenvalue weighted by atomic mass is 35.5. The number of carbonyl (C=O) groups excluding carboxylic acids is 1. The number of hydrogen-bond acceptors (Lipinski definition) is 4. The standard InChI is InChI=1S/C14H23N3O2.ClH/c1-10-13(11(2)19-16-10)9-17(3)14(18)8-12-4-6-15-7-5-12;/h12,15H,4-9H2,1-3H3;1H. The van der Waals surface area contributed by atoms with E-state index in [1.54, 1.807) is 4.90 Å². The van der Waals surface area contributed by atoms with Crippen molar-refractivity contribution in [3.8, 4) is 0 Å². The number of amides is 1. The van der Waals surface area contributed by atoms with E-state index in [2.05, 4.69) is 10.5 Å². The van der Waals surface area contributed by atoms with Gasteiger partial charge < -0.3 is 14.7 Å². The third kappa shape index (κ3) is 4.21. The third-order valence-electron chi connectivity index (χ3n) is 3.92. The van der Waals surface area contributed by atoms with Gasteiger partial charge in [0.25, 0.3) is 0 Å². The van der Waals surface area contributed by atoms with Gasteiger partial charge in [-0.2, -0.15) is 0 Å². The lowest BCUT2D eigenvalue weighted by Crippen LogP contribution is -2.33. The third-order valence-corrected chi connectivity index (χ3v) is 3.92. The van der Waals surface area contributed by atoms with Crippen LogP contribution in [-0.2, 0) is 11.3 Å². The summed E-state index contributed by atoms with van der Waals surface area (Å²) in [6, 6.07) is 0.